The Labute approximate surface area is 116 Å². The summed E-state index contributed by atoms with van der Waals surface area (Å²) in [6.07, 6.45) is 1.83. The van der Waals surface area contributed by atoms with E-state index in [9.17, 15) is 9.18 Å². The lowest BCUT2D eigenvalue weighted by atomic mass is 10.2. The zero-order valence-electron chi connectivity index (χ0n) is 9.69. The van der Waals surface area contributed by atoms with Gasteiger partial charge < -0.3 is 9.52 Å². The van der Waals surface area contributed by atoms with Crippen LogP contribution in [0.5, 0.6) is 0 Å². The lowest BCUT2D eigenvalue weighted by Gasteiger charge is -1.99. The largest absolute Gasteiger partial charge is 0.475 e. The maximum atomic E-state index is 13.3. The van der Waals surface area contributed by atoms with Crippen molar-refractivity contribution in [2.45, 2.75) is 18.8 Å². The molecule has 1 aromatic heterocycles. The van der Waals surface area contributed by atoms with Crippen LogP contribution in [0.2, 0.25) is 0 Å². The number of hydrogen-bond acceptors (Lipinski definition) is 3. The number of oxazole rings is 1. The van der Waals surface area contributed by atoms with E-state index >= 15 is 0 Å². The van der Waals surface area contributed by atoms with E-state index in [1.54, 1.807) is 0 Å². The highest BCUT2D eigenvalue weighted by atomic mass is 79.9. The van der Waals surface area contributed by atoms with Gasteiger partial charge in [0.25, 0.3) is 0 Å². The van der Waals surface area contributed by atoms with Gasteiger partial charge in [0.1, 0.15) is 5.82 Å². The minimum Gasteiger partial charge on any atom is -0.475 e. The minimum atomic E-state index is -1.15. The Morgan fingerprint density at radius 1 is 1.47 bits per heavy atom. The molecular weight excluding hydrogens is 317 g/mol. The van der Waals surface area contributed by atoms with Crippen molar-refractivity contribution in [3.63, 3.8) is 0 Å². The van der Waals surface area contributed by atoms with E-state index < -0.39 is 11.8 Å². The number of rotatable bonds is 3. The highest BCUT2D eigenvalue weighted by Crippen LogP contribution is 2.43. The van der Waals surface area contributed by atoms with Crippen LogP contribution in [0.4, 0.5) is 4.39 Å². The second kappa shape index (κ2) is 4.45. The maximum Gasteiger partial charge on any atom is 0.373 e. The first kappa shape index (κ1) is 12.3. The molecule has 1 heterocycles. The molecule has 2 aromatic rings. The normalized spacial score (nSPS) is 14.6. The van der Waals surface area contributed by atoms with E-state index in [1.807, 2.05) is 0 Å². The molecule has 3 rings (SSSR count). The van der Waals surface area contributed by atoms with Crippen LogP contribution in [0.15, 0.2) is 27.1 Å². The van der Waals surface area contributed by atoms with Gasteiger partial charge in [-0.1, -0.05) is 0 Å². The van der Waals surface area contributed by atoms with Crippen LogP contribution in [0.1, 0.15) is 35.0 Å². The molecule has 6 heteroatoms. The molecule has 98 valence electrons. The molecule has 0 atom stereocenters. The van der Waals surface area contributed by atoms with Crippen LogP contribution in [-0.4, -0.2) is 16.1 Å². The average Bonchev–Trinajstić information content (AvgIpc) is 3.11. The van der Waals surface area contributed by atoms with E-state index in [2.05, 4.69) is 20.9 Å². The Morgan fingerprint density at radius 2 is 2.21 bits per heavy atom. The van der Waals surface area contributed by atoms with Crippen LogP contribution in [0.3, 0.4) is 0 Å². The molecule has 0 aliphatic heterocycles. The van der Waals surface area contributed by atoms with E-state index in [4.69, 9.17) is 9.52 Å². The first-order chi connectivity index (χ1) is 9.06. The quantitative estimate of drug-likeness (QED) is 0.931. The zero-order valence-corrected chi connectivity index (χ0v) is 11.3. The van der Waals surface area contributed by atoms with Crippen LogP contribution in [0, 0.1) is 5.82 Å². The molecule has 1 fully saturated rings. The van der Waals surface area contributed by atoms with Crippen molar-refractivity contribution in [1.29, 1.82) is 0 Å². The highest BCUT2D eigenvalue weighted by molar-refractivity contribution is 9.10. The van der Waals surface area contributed by atoms with Gasteiger partial charge in [-0.3, -0.25) is 0 Å². The Balaban J connectivity index is 2.12. The van der Waals surface area contributed by atoms with E-state index in [0.717, 1.165) is 12.8 Å². The topological polar surface area (TPSA) is 63.3 Å². The molecule has 4 nitrogen and oxygen atoms in total. The minimum absolute atomic E-state index is 0.130. The lowest BCUT2D eigenvalue weighted by molar-refractivity contribution is 0.0661. The summed E-state index contributed by atoms with van der Waals surface area (Å²) in [5.74, 6) is -1.44. The number of benzene rings is 1. The fraction of sp³-hybridized carbons (Fsp3) is 0.231. The van der Waals surface area contributed by atoms with Gasteiger partial charge in [-0.15, -0.1) is 0 Å². The summed E-state index contributed by atoms with van der Waals surface area (Å²) in [5, 5.41) is 9.11. The maximum absolute atomic E-state index is 13.3. The van der Waals surface area contributed by atoms with E-state index in [1.165, 1.54) is 18.2 Å². The average molecular weight is 326 g/mol. The third kappa shape index (κ3) is 2.28. The fourth-order valence-corrected chi connectivity index (χ4v) is 2.31. The van der Waals surface area contributed by atoms with Crippen molar-refractivity contribution in [3.05, 3.63) is 39.9 Å². The van der Waals surface area contributed by atoms with Crippen molar-refractivity contribution >= 4 is 21.9 Å². The molecule has 0 saturated heterocycles. The molecular formula is C13H9BrFNO3. The van der Waals surface area contributed by atoms with E-state index in [0.29, 0.717) is 15.7 Å². The first-order valence-electron chi connectivity index (χ1n) is 5.75. The molecule has 19 heavy (non-hydrogen) atoms. The number of carboxylic acids is 1. The number of aromatic nitrogens is 1. The number of hydrogen-bond donors (Lipinski definition) is 1. The SMILES string of the molecule is O=C(O)c1oc(-c2cc(F)ccc2Br)nc1C1CC1. The van der Waals surface area contributed by atoms with Crippen molar-refractivity contribution in [1.82, 2.24) is 4.98 Å². The van der Waals surface area contributed by atoms with Crippen LogP contribution in [0.25, 0.3) is 11.5 Å². The smallest absolute Gasteiger partial charge is 0.373 e. The Hall–Kier alpha value is -1.69. The van der Waals surface area contributed by atoms with Gasteiger partial charge in [-0.25, -0.2) is 14.2 Å². The molecule has 0 unspecified atom stereocenters. The summed E-state index contributed by atoms with van der Waals surface area (Å²) in [6.45, 7) is 0. The van der Waals surface area contributed by atoms with Gasteiger partial charge in [0.05, 0.1) is 11.3 Å². The van der Waals surface area contributed by atoms with Gasteiger partial charge in [0.2, 0.25) is 11.7 Å². The van der Waals surface area contributed by atoms with Gasteiger partial charge in [-0.05, 0) is 47.0 Å². The van der Waals surface area contributed by atoms with Crippen molar-refractivity contribution in [3.8, 4) is 11.5 Å². The molecule has 1 aliphatic rings. The predicted octanol–water partition coefficient (Wildman–Crippen LogP) is 3.82. The molecule has 1 aromatic carbocycles. The molecule has 0 bridgehead atoms. The second-order valence-corrected chi connectivity index (χ2v) is 5.29. The summed E-state index contributed by atoms with van der Waals surface area (Å²) < 4.78 is 19.2. The Kier molecular flexibility index (Phi) is 2.89. The van der Waals surface area contributed by atoms with Crippen LogP contribution >= 0.6 is 15.9 Å². The first-order valence-corrected chi connectivity index (χ1v) is 6.55. The predicted molar refractivity (Wildman–Crippen MR) is 68.5 cm³/mol. The van der Waals surface area contributed by atoms with Crippen molar-refractivity contribution in [2.24, 2.45) is 0 Å². The molecule has 1 aliphatic carbocycles. The number of aromatic carboxylic acids is 1. The standard InChI is InChI=1S/C13H9BrFNO3/c14-9-4-3-7(15)5-8(9)12-16-10(6-1-2-6)11(19-12)13(17)18/h3-6H,1-2H2,(H,17,18). The summed E-state index contributed by atoms with van der Waals surface area (Å²) in [5.41, 5.74) is 0.869. The summed E-state index contributed by atoms with van der Waals surface area (Å²) in [7, 11) is 0. The summed E-state index contributed by atoms with van der Waals surface area (Å²) in [6, 6.07) is 4.10. The van der Waals surface area contributed by atoms with Gasteiger partial charge in [0.15, 0.2) is 0 Å². The highest BCUT2D eigenvalue weighted by Gasteiger charge is 2.34. The van der Waals surface area contributed by atoms with Crippen LogP contribution in [-0.2, 0) is 0 Å². The van der Waals surface area contributed by atoms with Crippen molar-refractivity contribution in [2.75, 3.05) is 0 Å². The number of carbonyl (C=O) groups is 1. The van der Waals surface area contributed by atoms with Crippen LogP contribution < -0.4 is 0 Å². The summed E-state index contributed by atoms with van der Waals surface area (Å²) in [4.78, 5) is 15.4. The summed E-state index contributed by atoms with van der Waals surface area (Å²) >= 11 is 3.28. The Morgan fingerprint density at radius 3 is 2.84 bits per heavy atom. The third-order valence-electron chi connectivity index (χ3n) is 2.97. The van der Waals surface area contributed by atoms with E-state index in [-0.39, 0.29) is 17.6 Å². The number of carboxylic acid groups (broad SMARTS) is 1. The second-order valence-electron chi connectivity index (χ2n) is 4.44. The third-order valence-corrected chi connectivity index (χ3v) is 3.66. The molecule has 1 saturated carbocycles. The molecule has 1 N–H and O–H groups in total. The molecule has 0 radical (unpaired) electrons. The monoisotopic (exact) mass is 325 g/mol. The number of nitrogens with zero attached hydrogens (tertiary/aromatic N) is 1. The number of halogens is 2. The van der Waals surface area contributed by atoms with Gasteiger partial charge in [-0.2, -0.15) is 0 Å². The van der Waals surface area contributed by atoms with Gasteiger partial charge in [0, 0.05) is 10.4 Å². The zero-order chi connectivity index (χ0) is 13.6. The Bertz CT molecular complexity index is 664. The fourth-order valence-electron chi connectivity index (χ4n) is 1.90. The van der Waals surface area contributed by atoms with Gasteiger partial charge >= 0.3 is 5.97 Å². The van der Waals surface area contributed by atoms with Crippen molar-refractivity contribution < 1.29 is 18.7 Å². The lowest BCUT2D eigenvalue weighted by Crippen LogP contribution is -1.98. The molecule has 0 amide bonds. The molecule has 0 spiro atoms.